The van der Waals surface area contributed by atoms with Crippen molar-refractivity contribution in [1.29, 1.82) is 0 Å². The molecule has 0 aliphatic carbocycles. The molecule has 0 saturated heterocycles. The van der Waals surface area contributed by atoms with Crippen LogP contribution < -0.4 is 10.7 Å². The Labute approximate surface area is 139 Å². The number of nitrogens with zero attached hydrogens (tertiary/aromatic N) is 1. The molecule has 2 aliphatic rings. The monoisotopic (exact) mass is 329 g/mol. The summed E-state index contributed by atoms with van der Waals surface area (Å²) in [6.07, 6.45) is 0.561. The van der Waals surface area contributed by atoms with E-state index in [0.717, 1.165) is 11.3 Å². The summed E-state index contributed by atoms with van der Waals surface area (Å²) < 4.78 is 5.28. The largest absolute Gasteiger partial charge is 0.462 e. The van der Waals surface area contributed by atoms with Crippen molar-refractivity contribution in [3.63, 3.8) is 0 Å². The lowest BCUT2D eigenvalue weighted by Crippen LogP contribution is -2.42. The van der Waals surface area contributed by atoms with Gasteiger partial charge in [0.25, 0.3) is 0 Å². The van der Waals surface area contributed by atoms with Gasteiger partial charge < -0.3 is 10.1 Å². The zero-order valence-corrected chi connectivity index (χ0v) is 13.8. The van der Waals surface area contributed by atoms with Gasteiger partial charge in [-0.3, -0.25) is 14.4 Å². The highest BCUT2D eigenvalue weighted by Gasteiger charge is 2.50. The van der Waals surface area contributed by atoms with Gasteiger partial charge in [-0.1, -0.05) is 6.07 Å². The Kier molecular flexibility index (Phi) is 3.87. The average molecular weight is 329 g/mol. The number of carbonyl (C=O) groups excluding carboxylic acids is 3. The van der Waals surface area contributed by atoms with Crippen LogP contribution in [-0.2, 0) is 24.5 Å². The summed E-state index contributed by atoms with van der Waals surface area (Å²) in [5.74, 6) is -1.11. The molecule has 0 saturated carbocycles. The number of anilines is 1. The Morgan fingerprint density at radius 2 is 2.04 bits per heavy atom. The van der Waals surface area contributed by atoms with Crippen LogP contribution in [0.4, 0.5) is 5.69 Å². The normalized spacial score (nSPS) is 22.6. The molecule has 7 heteroatoms. The van der Waals surface area contributed by atoms with E-state index in [1.807, 2.05) is 6.07 Å². The SMILES string of the molecule is CC(C)OC(=O)C1(C)C(=O)Nc2ccc(C3=NNC(=O)CC3)cc21. The lowest BCUT2D eigenvalue weighted by atomic mass is 9.82. The molecular formula is C17H19N3O4. The van der Waals surface area contributed by atoms with Crippen LogP contribution in [-0.4, -0.2) is 29.6 Å². The van der Waals surface area contributed by atoms with Gasteiger partial charge >= 0.3 is 5.97 Å². The molecule has 2 heterocycles. The molecule has 0 aromatic heterocycles. The smallest absolute Gasteiger partial charge is 0.326 e. The Morgan fingerprint density at radius 3 is 2.67 bits per heavy atom. The van der Waals surface area contributed by atoms with Crippen molar-refractivity contribution in [3.05, 3.63) is 29.3 Å². The molecule has 2 amide bonds. The summed E-state index contributed by atoms with van der Waals surface area (Å²) in [6, 6.07) is 5.33. The number of esters is 1. The number of amides is 2. The predicted octanol–water partition coefficient (Wildman–Crippen LogP) is 1.46. The minimum absolute atomic E-state index is 0.123. The van der Waals surface area contributed by atoms with Gasteiger partial charge in [-0.2, -0.15) is 5.10 Å². The highest BCUT2D eigenvalue weighted by Crippen LogP contribution is 2.39. The first-order valence-electron chi connectivity index (χ1n) is 7.85. The van der Waals surface area contributed by atoms with Crippen LogP contribution in [0.25, 0.3) is 0 Å². The summed E-state index contributed by atoms with van der Waals surface area (Å²) in [7, 11) is 0. The molecule has 0 radical (unpaired) electrons. The first kappa shape index (κ1) is 16.2. The van der Waals surface area contributed by atoms with Crippen molar-refractivity contribution in [3.8, 4) is 0 Å². The summed E-state index contributed by atoms with van der Waals surface area (Å²) in [5, 5.41) is 6.79. The maximum atomic E-state index is 12.5. The zero-order chi connectivity index (χ0) is 17.5. The van der Waals surface area contributed by atoms with E-state index in [-0.39, 0.29) is 12.0 Å². The molecule has 1 aromatic carbocycles. The van der Waals surface area contributed by atoms with Gasteiger partial charge in [0.1, 0.15) is 0 Å². The Balaban J connectivity index is 2.01. The second-order valence-electron chi connectivity index (χ2n) is 6.39. The number of carbonyl (C=O) groups is 3. The van der Waals surface area contributed by atoms with Gasteiger partial charge in [0.15, 0.2) is 5.41 Å². The van der Waals surface area contributed by atoms with Crippen LogP contribution in [0.15, 0.2) is 23.3 Å². The number of nitrogens with one attached hydrogen (secondary N) is 2. The Bertz CT molecular complexity index is 769. The number of hydrazone groups is 1. The van der Waals surface area contributed by atoms with Crippen molar-refractivity contribution in [2.75, 3.05) is 5.32 Å². The molecule has 126 valence electrons. The third-order valence-corrected chi connectivity index (χ3v) is 4.25. The second kappa shape index (κ2) is 5.74. The molecule has 1 atom stereocenters. The number of hydrogen-bond acceptors (Lipinski definition) is 5. The molecule has 0 spiro atoms. The predicted molar refractivity (Wildman–Crippen MR) is 87.6 cm³/mol. The minimum atomic E-state index is -1.39. The van der Waals surface area contributed by atoms with E-state index in [4.69, 9.17) is 4.74 Å². The summed E-state index contributed by atoms with van der Waals surface area (Å²) >= 11 is 0. The van der Waals surface area contributed by atoms with Gasteiger partial charge in [-0.25, -0.2) is 5.43 Å². The van der Waals surface area contributed by atoms with E-state index in [0.29, 0.717) is 24.1 Å². The van der Waals surface area contributed by atoms with Crippen molar-refractivity contribution in [1.82, 2.24) is 5.43 Å². The topological polar surface area (TPSA) is 96.9 Å². The molecule has 2 N–H and O–H groups in total. The molecule has 2 aliphatic heterocycles. The van der Waals surface area contributed by atoms with Gasteiger partial charge in [-0.15, -0.1) is 0 Å². The molecule has 7 nitrogen and oxygen atoms in total. The number of ether oxygens (including phenoxy) is 1. The quantitative estimate of drug-likeness (QED) is 0.648. The van der Waals surface area contributed by atoms with Crippen molar-refractivity contribution in [2.45, 2.75) is 45.1 Å². The van der Waals surface area contributed by atoms with Crippen molar-refractivity contribution < 1.29 is 19.1 Å². The molecule has 1 unspecified atom stereocenters. The van der Waals surface area contributed by atoms with E-state index < -0.39 is 17.3 Å². The highest BCUT2D eigenvalue weighted by atomic mass is 16.5. The maximum absolute atomic E-state index is 12.5. The molecule has 3 rings (SSSR count). The third-order valence-electron chi connectivity index (χ3n) is 4.25. The number of hydrogen-bond donors (Lipinski definition) is 2. The first-order chi connectivity index (χ1) is 11.3. The summed E-state index contributed by atoms with van der Waals surface area (Å²) in [4.78, 5) is 36.1. The van der Waals surface area contributed by atoms with Crippen LogP contribution in [0.1, 0.15) is 44.7 Å². The first-order valence-corrected chi connectivity index (χ1v) is 7.85. The van der Waals surface area contributed by atoms with Crippen molar-refractivity contribution >= 4 is 29.2 Å². The Hall–Kier alpha value is -2.70. The molecule has 0 bridgehead atoms. The van der Waals surface area contributed by atoms with Crippen LogP contribution >= 0.6 is 0 Å². The van der Waals surface area contributed by atoms with Crippen LogP contribution in [0, 0.1) is 0 Å². The van der Waals surface area contributed by atoms with E-state index in [2.05, 4.69) is 15.8 Å². The summed E-state index contributed by atoms with van der Waals surface area (Å²) in [5.41, 5.74) is 3.70. The number of rotatable bonds is 3. The number of fused-ring (bicyclic) bond motifs is 1. The van der Waals surface area contributed by atoms with Gasteiger partial charge in [0.05, 0.1) is 11.8 Å². The molecule has 1 aromatic rings. The fraction of sp³-hybridized carbons (Fsp3) is 0.412. The standard InChI is InChI=1S/C17H19N3O4/c1-9(2)24-16(23)17(3)11-8-10(4-5-13(11)18-15(17)22)12-6-7-14(21)20-19-12/h4-5,8-9H,6-7H2,1-3H3,(H,18,22)(H,20,21). The molecule has 0 fully saturated rings. The molecule has 24 heavy (non-hydrogen) atoms. The molecular weight excluding hydrogens is 310 g/mol. The minimum Gasteiger partial charge on any atom is -0.462 e. The van der Waals surface area contributed by atoms with Crippen LogP contribution in [0.2, 0.25) is 0 Å². The van der Waals surface area contributed by atoms with E-state index in [1.54, 1.807) is 32.9 Å². The van der Waals surface area contributed by atoms with Crippen molar-refractivity contribution in [2.24, 2.45) is 5.10 Å². The second-order valence-corrected chi connectivity index (χ2v) is 6.39. The average Bonchev–Trinajstić information content (AvgIpc) is 2.79. The van der Waals surface area contributed by atoms with E-state index in [9.17, 15) is 14.4 Å². The Morgan fingerprint density at radius 1 is 1.29 bits per heavy atom. The van der Waals surface area contributed by atoms with E-state index >= 15 is 0 Å². The van der Waals surface area contributed by atoms with Crippen LogP contribution in [0.5, 0.6) is 0 Å². The fourth-order valence-electron chi connectivity index (χ4n) is 2.83. The lowest BCUT2D eigenvalue weighted by molar-refractivity contribution is -0.156. The third kappa shape index (κ3) is 2.55. The lowest BCUT2D eigenvalue weighted by Gasteiger charge is -2.22. The van der Waals surface area contributed by atoms with Gasteiger partial charge in [-0.05, 0) is 38.5 Å². The number of benzene rings is 1. The fourth-order valence-corrected chi connectivity index (χ4v) is 2.83. The van der Waals surface area contributed by atoms with Gasteiger partial charge in [0.2, 0.25) is 11.8 Å². The van der Waals surface area contributed by atoms with Gasteiger partial charge in [0, 0.05) is 24.1 Å². The highest BCUT2D eigenvalue weighted by molar-refractivity contribution is 6.19. The van der Waals surface area contributed by atoms with E-state index in [1.165, 1.54) is 0 Å². The zero-order valence-electron chi connectivity index (χ0n) is 13.8. The van der Waals surface area contributed by atoms with Crippen LogP contribution in [0.3, 0.4) is 0 Å². The summed E-state index contributed by atoms with van der Waals surface area (Å²) in [6.45, 7) is 5.04. The maximum Gasteiger partial charge on any atom is 0.326 e.